The van der Waals surface area contributed by atoms with Crippen LogP contribution in [0.2, 0.25) is 5.02 Å². The summed E-state index contributed by atoms with van der Waals surface area (Å²) in [6.07, 6.45) is 5.71. The van der Waals surface area contributed by atoms with Gasteiger partial charge in [-0.25, -0.2) is 4.39 Å². The number of halogens is 2. The van der Waals surface area contributed by atoms with Gasteiger partial charge in [0, 0.05) is 18.0 Å². The fraction of sp³-hybridized carbons (Fsp3) is 0.250. The average molecular weight is 376 g/mol. The molecule has 4 nitrogen and oxygen atoms in total. The van der Waals surface area contributed by atoms with Crippen LogP contribution in [0.3, 0.4) is 0 Å². The third-order valence-electron chi connectivity index (χ3n) is 3.63. The van der Waals surface area contributed by atoms with Crippen LogP contribution < -0.4 is 14.8 Å². The molecule has 0 bridgehead atoms. The molecule has 0 saturated heterocycles. The van der Waals surface area contributed by atoms with Crippen molar-refractivity contribution in [1.29, 1.82) is 0 Å². The standard InChI is InChI=1S/C20H19ClFNO3/c1-3-10-26-20-17(22)11-15(12-18(20)25-2)6-9-19(24)23-13-14-4-7-16(21)8-5-14/h1,4-5,7-8,11-12H,6,9-10,13H2,2H3,(H,23,24). The van der Waals surface area contributed by atoms with Crippen molar-refractivity contribution < 1.29 is 18.7 Å². The number of carbonyl (C=O) groups is 1. The zero-order valence-electron chi connectivity index (χ0n) is 14.4. The van der Waals surface area contributed by atoms with Gasteiger partial charge in [0.2, 0.25) is 5.91 Å². The van der Waals surface area contributed by atoms with Gasteiger partial charge in [0.05, 0.1) is 7.11 Å². The molecule has 0 aliphatic carbocycles. The van der Waals surface area contributed by atoms with Crippen LogP contribution in [-0.2, 0) is 17.8 Å². The normalized spacial score (nSPS) is 10.1. The van der Waals surface area contributed by atoms with Gasteiger partial charge in [-0.15, -0.1) is 6.42 Å². The second-order valence-corrected chi connectivity index (χ2v) is 5.94. The van der Waals surface area contributed by atoms with E-state index in [2.05, 4.69) is 11.2 Å². The van der Waals surface area contributed by atoms with E-state index >= 15 is 0 Å². The van der Waals surface area contributed by atoms with E-state index in [1.54, 1.807) is 18.2 Å². The monoisotopic (exact) mass is 375 g/mol. The summed E-state index contributed by atoms with van der Waals surface area (Å²) in [4.78, 5) is 12.0. The topological polar surface area (TPSA) is 47.6 Å². The first-order valence-corrected chi connectivity index (χ1v) is 8.35. The number of nitrogens with one attached hydrogen (secondary N) is 1. The Morgan fingerprint density at radius 1 is 1.27 bits per heavy atom. The zero-order chi connectivity index (χ0) is 18.9. The van der Waals surface area contributed by atoms with Crippen LogP contribution >= 0.6 is 11.6 Å². The van der Waals surface area contributed by atoms with E-state index in [4.69, 9.17) is 27.5 Å². The summed E-state index contributed by atoms with van der Waals surface area (Å²) in [6.45, 7) is 0.353. The van der Waals surface area contributed by atoms with Crippen LogP contribution in [0.1, 0.15) is 17.5 Å². The van der Waals surface area contributed by atoms with Gasteiger partial charge in [-0.1, -0.05) is 29.7 Å². The molecule has 0 radical (unpaired) electrons. The summed E-state index contributed by atoms with van der Waals surface area (Å²) in [7, 11) is 1.42. The van der Waals surface area contributed by atoms with Gasteiger partial charge in [0.1, 0.15) is 6.61 Å². The first-order chi connectivity index (χ1) is 12.5. The Morgan fingerprint density at radius 2 is 2.00 bits per heavy atom. The van der Waals surface area contributed by atoms with Crippen LogP contribution in [0.15, 0.2) is 36.4 Å². The maximum absolute atomic E-state index is 14.2. The molecule has 2 aromatic rings. The second kappa shape index (κ2) is 9.69. The van der Waals surface area contributed by atoms with Crippen molar-refractivity contribution in [1.82, 2.24) is 5.32 Å². The molecule has 0 atom stereocenters. The minimum Gasteiger partial charge on any atom is -0.493 e. The molecule has 136 valence electrons. The number of hydrogen-bond acceptors (Lipinski definition) is 3. The minimum absolute atomic E-state index is 0.0265. The van der Waals surface area contributed by atoms with Gasteiger partial charge < -0.3 is 14.8 Å². The fourth-order valence-electron chi connectivity index (χ4n) is 2.32. The molecule has 1 amide bonds. The lowest BCUT2D eigenvalue weighted by Gasteiger charge is -2.12. The van der Waals surface area contributed by atoms with Gasteiger partial charge in [-0.2, -0.15) is 0 Å². The molecular weight excluding hydrogens is 357 g/mol. The number of ether oxygens (including phenoxy) is 2. The number of methoxy groups -OCH3 is 1. The highest BCUT2D eigenvalue weighted by Crippen LogP contribution is 2.32. The van der Waals surface area contributed by atoms with E-state index in [1.165, 1.54) is 13.2 Å². The number of terminal acetylenes is 1. The Labute approximate surface area is 157 Å². The highest BCUT2D eigenvalue weighted by molar-refractivity contribution is 6.30. The number of carbonyl (C=O) groups excluding carboxylic acids is 1. The predicted octanol–water partition coefficient (Wildman–Crippen LogP) is 3.75. The molecule has 0 aromatic heterocycles. The Balaban J connectivity index is 1.91. The molecule has 26 heavy (non-hydrogen) atoms. The summed E-state index contributed by atoms with van der Waals surface area (Å²) in [5.74, 6) is 1.79. The Kier molecular flexibility index (Phi) is 7.31. The summed E-state index contributed by atoms with van der Waals surface area (Å²) < 4.78 is 24.5. The third kappa shape index (κ3) is 5.68. The third-order valence-corrected chi connectivity index (χ3v) is 3.88. The SMILES string of the molecule is C#CCOc1c(F)cc(CCC(=O)NCc2ccc(Cl)cc2)cc1OC. The van der Waals surface area contributed by atoms with Crippen LogP contribution in [0.5, 0.6) is 11.5 Å². The second-order valence-electron chi connectivity index (χ2n) is 5.51. The lowest BCUT2D eigenvalue weighted by atomic mass is 10.1. The first-order valence-electron chi connectivity index (χ1n) is 7.97. The van der Waals surface area contributed by atoms with Crippen LogP contribution in [-0.4, -0.2) is 19.6 Å². The summed E-state index contributed by atoms with van der Waals surface area (Å²) in [5.41, 5.74) is 1.58. The summed E-state index contributed by atoms with van der Waals surface area (Å²) >= 11 is 5.82. The number of amides is 1. The number of hydrogen-bond donors (Lipinski definition) is 1. The number of benzene rings is 2. The van der Waals surface area contributed by atoms with Crippen LogP contribution in [0.4, 0.5) is 4.39 Å². The highest BCUT2D eigenvalue weighted by atomic mass is 35.5. The molecule has 0 aliphatic rings. The van der Waals surface area contributed by atoms with Gasteiger partial charge >= 0.3 is 0 Å². The van der Waals surface area contributed by atoms with E-state index in [1.807, 2.05) is 12.1 Å². The molecule has 2 aromatic carbocycles. The summed E-state index contributed by atoms with van der Waals surface area (Å²) in [5, 5.41) is 3.46. The average Bonchev–Trinajstić information content (AvgIpc) is 2.64. The maximum Gasteiger partial charge on any atom is 0.220 e. The molecule has 2 rings (SSSR count). The molecule has 1 N–H and O–H groups in total. The van der Waals surface area contributed by atoms with Crippen molar-refractivity contribution in [3.8, 4) is 23.8 Å². The van der Waals surface area contributed by atoms with Crippen molar-refractivity contribution in [3.05, 3.63) is 58.4 Å². The quantitative estimate of drug-likeness (QED) is 0.715. The van der Waals surface area contributed by atoms with E-state index < -0.39 is 5.82 Å². The smallest absolute Gasteiger partial charge is 0.220 e. The Hall–Kier alpha value is -2.71. The molecular formula is C20H19ClFNO3. The van der Waals surface area contributed by atoms with Crippen molar-refractivity contribution in [3.63, 3.8) is 0 Å². The molecule has 0 heterocycles. The van der Waals surface area contributed by atoms with Crippen molar-refractivity contribution in [2.24, 2.45) is 0 Å². The van der Waals surface area contributed by atoms with Gasteiger partial charge in [-0.3, -0.25) is 4.79 Å². The Bertz CT molecular complexity index is 800. The molecule has 0 aliphatic heterocycles. The molecule has 6 heteroatoms. The van der Waals surface area contributed by atoms with Crippen LogP contribution in [0, 0.1) is 18.2 Å². The Morgan fingerprint density at radius 3 is 2.65 bits per heavy atom. The van der Waals surface area contributed by atoms with Crippen molar-refractivity contribution in [2.75, 3.05) is 13.7 Å². The maximum atomic E-state index is 14.2. The van der Waals surface area contributed by atoms with Gasteiger partial charge in [0.15, 0.2) is 17.3 Å². The highest BCUT2D eigenvalue weighted by Gasteiger charge is 2.14. The fourth-order valence-corrected chi connectivity index (χ4v) is 2.45. The number of aryl methyl sites for hydroxylation is 1. The molecule has 0 fully saturated rings. The van der Waals surface area contributed by atoms with E-state index in [-0.39, 0.29) is 30.4 Å². The van der Waals surface area contributed by atoms with Crippen molar-refractivity contribution >= 4 is 17.5 Å². The predicted molar refractivity (Wildman–Crippen MR) is 98.9 cm³/mol. The van der Waals surface area contributed by atoms with Crippen LogP contribution in [0.25, 0.3) is 0 Å². The van der Waals surface area contributed by atoms with Gasteiger partial charge in [-0.05, 0) is 41.8 Å². The van der Waals surface area contributed by atoms with Gasteiger partial charge in [0.25, 0.3) is 0 Å². The minimum atomic E-state index is -0.573. The number of rotatable bonds is 8. The molecule has 0 unspecified atom stereocenters. The largest absolute Gasteiger partial charge is 0.493 e. The first kappa shape index (κ1) is 19.6. The van der Waals surface area contributed by atoms with E-state index in [0.29, 0.717) is 23.6 Å². The lowest BCUT2D eigenvalue weighted by molar-refractivity contribution is -0.121. The lowest BCUT2D eigenvalue weighted by Crippen LogP contribution is -2.23. The van der Waals surface area contributed by atoms with E-state index in [9.17, 15) is 9.18 Å². The van der Waals surface area contributed by atoms with E-state index in [0.717, 1.165) is 5.56 Å². The zero-order valence-corrected chi connectivity index (χ0v) is 15.1. The summed E-state index contributed by atoms with van der Waals surface area (Å²) in [6, 6.07) is 10.2. The van der Waals surface area contributed by atoms with Crippen molar-refractivity contribution in [2.45, 2.75) is 19.4 Å². The molecule has 0 spiro atoms. The molecule has 0 saturated carbocycles.